The van der Waals surface area contributed by atoms with Crippen molar-refractivity contribution in [2.24, 2.45) is 0 Å². The molecule has 2 aromatic rings. The molecule has 0 spiro atoms. The Balaban J connectivity index is 2.02. The molecule has 5 nitrogen and oxygen atoms in total. The highest BCUT2D eigenvalue weighted by Gasteiger charge is 2.28. The van der Waals surface area contributed by atoms with Crippen molar-refractivity contribution < 1.29 is 17.6 Å². The van der Waals surface area contributed by atoms with Gasteiger partial charge in [0.05, 0.1) is 24.4 Å². The molecule has 1 aromatic carbocycles. The Labute approximate surface area is 138 Å². The summed E-state index contributed by atoms with van der Waals surface area (Å²) in [5.74, 6) is 0. The number of halogens is 1. The molecule has 118 valence electrons. The van der Waals surface area contributed by atoms with Crippen molar-refractivity contribution in [3.8, 4) is 11.1 Å². The monoisotopic (exact) mass is 385 g/mol. The Kier molecular flexibility index (Phi) is 4.40. The van der Waals surface area contributed by atoms with Crippen LogP contribution in [0.25, 0.3) is 11.1 Å². The molecule has 1 aromatic heterocycles. The Morgan fingerprint density at radius 3 is 2.50 bits per heavy atom. The van der Waals surface area contributed by atoms with Crippen molar-refractivity contribution in [3.05, 3.63) is 40.8 Å². The molecule has 1 saturated heterocycles. The van der Waals surface area contributed by atoms with Crippen molar-refractivity contribution >= 4 is 26.0 Å². The van der Waals surface area contributed by atoms with E-state index in [1.807, 2.05) is 25.1 Å². The van der Waals surface area contributed by atoms with Crippen LogP contribution in [0.5, 0.6) is 0 Å². The van der Waals surface area contributed by atoms with Crippen LogP contribution in [0.1, 0.15) is 5.56 Å². The number of aryl methyl sites for hydroxylation is 1. The lowest BCUT2D eigenvalue weighted by Gasteiger charge is -2.26. The number of hydrogen-bond donors (Lipinski definition) is 0. The summed E-state index contributed by atoms with van der Waals surface area (Å²) >= 11 is 3.26. The molecule has 0 aliphatic carbocycles. The SMILES string of the molecule is Cc1ccc(-c2coc(Br)c2)cc1S(=O)(=O)N1CCOCC1. The summed E-state index contributed by atoms with van der Waals surface area (Å²) in [6.45, 7) is 3.47. The zero-order valence-electron chi connectivity index (χ0n) is 12.1. The molecule has 0 N–H and O–H groups in total. The van der Waals surface area contributed by atoms with E-state index >= 15 is 0 Å². The van der Waals surface area contributed by atoms with Gasteiger partial charge in [-0.05, 0) is 46.1 Å². The second kappa shape index (κ2) is 6.16. The van der Waals surface area contributed by atoms with Crippen LogP contribution >= 0.6 is 15.9 Å². The van der Waals surface area contributed by atoms with E-state index in [2.05, 4.69) is 15.9 Å². The number of hydrogen-bond acceptors (Lipinski definition) is 4. The van der Waals surface area contributed by atoms with E-state index in [1.54, 1.807) is 12.3 Å². The smallest absolute Gasteiger partial charge is 0.243 e. The summed E-state index contributed by atoms with van der Waals surface area (Å²) in [6.07, 6.45) is 1.60. The van der Waals surface area contributed by atoms with Crippen molar-refractivity contribution in [2.45, 2.75) is 11.8 Å². The Morgan fingerprint density at radius 1 is 1.14 bits per heavy atom. The molecule has 22 heavy (non-hydrogen) atoms. The molecule has 1 aliphatic rings. The fraction of sp³-hybridized carbons (Fsp3) is 0.333. The van der Waals surface area contributed by atoms with Gasteiger partial charge in [-0.15, -0.1) is 0 Å². The number of benzene rings is 1. The summed E-state index contributed by atoms with van der Waals surface area (Å²) in [5, 5.41) is 0. The Bertz CT molecular complexity index is 779. The van der Waals surface area contributed by atoms with Crippen LogP contribution in [0.2, 0.25) is 0 Å². The third-order valence-electron chi connectivity index (χ3n) is 3.68. The number of rotatable bonds is 3. The van der Waals surface area contributed by atoms with Gasteiger partial charge in [0, 0.05) is 18.7 Å². The fourth-order valence-corrected chi connectivity index (χ4v) is 4.44. The van der Waals surface area contributed by atoms with Crippen molar-refractivity contribution in [2.75, 3.05) is 26.3 Å². The van der Waals surface area contributed by atoms with Gasteiger partial charge in [0.15, 0.2) is 4.67 Å². The number of furan rings is 1. The lowest BCUT2D eigenvalue weighted by atomic mass is 10.1. The summed E-state index contributed by atoms with van der Waals surface area (Å²) in [5.41, 5.74) is 2.38. The van der Waals surface area contributed by atoms with Gasteiger partial charge >= 0.3 is 0 Å². The van der Waals surface area contributed by atoms with E-state index in [0.29, 0.717) is 35.9 Å². The number of morpholine rings is 1. The first kappa shape index (κ1) is 15.7. The maximum absolute atomic E-state index is 12.8. The van der Waals surface area contributed by atoms with Gasteiger partial charge in [-0.1, -0.05) is 12.1 Å². The molecule has 1 fully saturated rings. The highest BCUT2D eigenvalue weighted by Crippen LogP contribution is 2.29. The molecule has 3 rings (SSSR count). The average molecular weight is 386 g/mol. The van der Waals surface area contributed by atoms with Gasteiger partial charge in [0.1, 0.15) is 0 Å². The van der Waals surface area contributed by atoms with Crippen LogP contribution in [0.4, 0.5) is 0 Å². The zero-order valence-corrected chi connectivity index (χ0v) is 14.5. The molecule has 7 heteroatoms. The molecule has 0 unspecified atom stereocenters. The first-order valence-electron chi connectivity index (χ1n) is 6.91. The van der Waals surface area contributed by atoms with Gasteiger partial charge in [-0.3, -0.25) is 0 Å². The predicted octanol–water partition coefficient (Wildman–Crippen LogP) is 3.04. The van der Waals surface area contributed by atoms with Gasteiger partial charge in [-0.2, -0.15) is 4.31 Å². The van der Waals surface area contributed by atoms with Crippen molar-refractivity contribution in [1.29, 1.82) is 0 Å². The van der Waals surface area contributed by atoms with Crippen LogP contribution in [0.15, 0.2) is 44.5 Å². The molecule has 0 radical (unpaired) electrons. The molecule has 0 atom stereocenters. The molecule has 2 heterocycles. The van der Waals surface area contributed by atoms with Gasteiger partial charge < -0.3 is 9.15 Å². The highest BCUT2D eigenvalue weighted by molar-refractivity contribution is 9.10. The zero-order chi connectivity index (χ0) is 15.7. The van der Waals surface area contributed by atoms with Gasteiger partial charge in [0.2, 0.25) is 10.0 Å². The first-order chi connectivity index (χ1) is 10.5. The highest BCUT2D eigenvalue weighted by atomic mass is 79.9. The van der Waals surface area contributed by atoms with Crippen LogP contribution < -0.4 is 0 Å². The number of nitrogens with zero attached hydrogens (tertiary/aromatic N) is 1. The van der Waals surface area contributed by atoms with Gasteiger partial charge in [0.25, 0.3) is 0 Å². The van der Waals surface area contributed by atoms with Crippen molar-refractivity contribution in [1.82, 2.24) is 4.31 Å². The van der Waals surface area contributed by atoms with Gasteiger partial charge in [-0.25, -0.2) is 8.42 Å². The third-order valence-corrected chi connectivity index (χ3v) is 6.13. The topological polar surface area (TPSA) is 59.8 Å². The normalized spacial score (nSPS) is 16.8. The third kappa shape index (κ3) is 2.99. The van der Waals surface area contributed by atoms with Crippen LogP contribution in [0.3, 0.4) is 0 Å². The molecule has 0 bridgehead atoms. The van der Waals surface area contributed by atoms with E-state index in [9.17, 15) is 8.42 Å². The number of ether oxygens (including phenoxy) is 1. The average Bonchev–Trinajstić information content (AvgIpc) is 2.95. The second-order valence-corrected chi connectivity index (χ2v) is 7.82. The molecule has 1 aliphatic heterocycles. The standard InChI is InChI=1S/C15H16BrNO4S/c1-11-2-3-12(13-9-15(16)21-10-13)8-14(11)22(18,19)17-4-6-20-7-5-17/h2-3,8-10H,4-7H2,1H3. The minimum atomic E-state index is -3.51. The lowest BCUT2D eigenvalue weighted by Crippen LogP contribution is -2.40. The van der Waals surface area contributed by atoms with E-state index in [0.717, 1.165) is 16.7 Å². The van der Waals surface area contributed by atoms with Crippen molar-refractivity contribution in [3.63, 3.8) is 0 Å². The Hall–Kier alpha value is -1.15. The number of sulfonamides is 1. The van der Waals surface area contributed by atoms with E-state index < -0.39 is 10.0 Å². The quantitative estimate of drug-likeness (QED) is 0.814. The second-order valence-electron chi connectivity index (χ2n) is 5.14. The van der Waals surface area contributed by atoms with Crippen LogP contribution in [0, 0.1) is 6.92 Å². The summed E-state index contributed by atoms with van der Waals surface area (Å²) < 4.78 is 38.2. The molecule has 0 saturated carbocycles. The minimum absolute atomic E-state index is 0.337. The maximum Gasteiger partial charge on any atom is 0.243 e. The van der Waals surface area contributed by atoms with E-state index in [-0.39, 0.29) is 0 Å². The largest absolute Gasteiger partial charge is 0.457 e. The summed E-state index contributed by atoms with van der Waals surface area (Å²) in [4.78, 5) is 0.337. The van der Waals surface area contributed by atoms with Crippen LogP contribution in [-0.2, 0) is 14.8 Å². The fourth-order valence-electron chi connectivity index (χ4n) is 2.45. The molecular formula is C15H16BrNO4S. The first-order valence-corrected chi connectivity index (χ1v) is 9.15. The van der Waals surface area contributed by atoms with Crippen LogP contribution in [-0.4, -0.2) is 39.0 Å². The summed E-state index contributed by atoms with van der Waals surface area (Å²) in [7, 11) is -3.51. The Morgan fingerprint density at radius 2 is 1.86 bits per heavy atom. The van der Waals surface area contributed by atoms with E-state index in [4.69, 9.17) is 9.15 Å². The van der Waals surface area contributed by atoms with E-state index in [1.165, 1.54) is 4.31 Å². The predicted molar refractivity (Wildman–Crippen MR) is 86.2 cm³/mol. The lowest BCUT2D eigenvalue weighted by molar-refractivity contribution is 0.0730. The minimum Gasteiger partial charge on any atom is -0.457 e. The maximum atomic E-state index is 12.8. The molecular weight excluding hydrogens is 370 g/mol. The molecule has 0 amide bonds. The summed E-state index contributed by atoms with van der Waals surface area (Å²) in [6, 6.07) is 7.24.